The molecule has 0 bridgehead atoms. The minimum Gasteiger partial charge on any atom is -0.373 e. The van der Waals surface area contributed by atoms with Crippen molar-refractivity contribution >= 4 is 22.6 Å². The van der Waals surface area contributed by atoms with Crippen LogP contribution in [0.25, 0.3) is 11.0 Å². The molecule has 1 fully saturated rings. The Hall–Kier alpha value is -3.10. The van der Waals surface area contributed by atoms with Crippen molar-refractivity contribution in [2.45, 2.75) is 31.9 Å². The molecule has 4 aromatic rings. The topological polar surface area (TPSA) is 95.9 Å². The first-order valence-corrected chi connectivity index (χ1v) is 9.96. The Kier molecular flexibility index (Phi) is 4.80. The summed E-state index contributed by atoms with van der Waals surface area (Å²) in [5.41, 5.74) is 2.36. The molecule has 0 radical (unpaired) electrons. The third-order valence-electron chi connectivity index (χ3n) is 5.28. The highest BCUT2D eigenvalue weighted by Crippen LogP contribution is 2.37. The van der Waals surface area contributed by atoms with Gasteiger partial charge in [0.1, 0.15) is 18.3 Å². The van der Waals surface area contributed by atoms with Crippen LogP contribution in [0, 0.1) is 6.92 Å². The molecule has 8 nitrogen and oxygen atoms in total. The number of hydrogen-bond acceptors (Lipinski definition) is 7. The van der Waals surface area contributed by atoms with E-state index >= 15 is 0 Å². The Labute approximate surface area is 176 Å². The fraction of sp³-hybridized carbons (Fsp3) is 0.286. The van der Waals surface area contributed by atoms with Gasteiger partial charge in [0.25, 0.3) is 5.56 Å². The van der Waals surface area contributed by atoms with Crippen molar-refractivity contribution < 1.29 is 9.26 Å². The van der Waals surface area contributed by atoms with Crippen molar-refractivity contribution in [1.82, 2.24) is 24.7 Å². The van der Waals surface area contributed by atoms with Gasteiger partial charge in [-0.05, 0) is 25.0 Å². The summed E-state index contributed by atoms with van der Waals surface area (Å²) in [5.74, 6) is 0.951. The standard InChI is InChI=1S/C21H18ClN5O3/c1-12-2-4-13(5-3-12)16-8-14(10-29-16)19-25-17(30-26-19)9-27-11-24-20-18(21(27)28)15(22)6-7-23-20/h2-7,11,14,16H,8-10H2,1H3/t14-,16+/m0/s1. The first-order chi connectivity index (χ1) is 14.6. The number of pyridine rings is 1. The molecule has 0 N–H and O–H groups in total. The average molecular weight is 424 g/mol. The number of ether oxygens (including phenoxy) is 1. The quantitative estimate of drug-likeness (QED) is 0.496. The molecule has 9 heteroatoms. The first-order valence-electron chi connectivity index (χ1n) is 9.59. The van der Waals surface area contributed by atoms with Crippen LogP contribution in [0.2, 0.25) is 5.02 Å². The van der Waals surface area contributed by atoms with Crippen LogP contribution in [0.3, 0.4) is 0 Å². The molecule has 0 spiro atoms. The fourth-order valence-electron chi connectivity index (χ4n) is 3.62. The van der Waals surface area contributed by atoms with Gasteiger partial charge in [-0.3, -0.25) is 9.36 Å². The highest BCUT2D eigenvalue weighted by molar-refractivity contribution is 6.35. The average Bonchev–Trinajstić information content (AvgIpc) is 3.40. The maximum Gasteiger partial charge on any atom is 0.264 e. The Bertz CT molecular complexity index is 1270. The van der Waals surface area contributed by atoms with Gasteiger partial charge in [0.2, 0.25) is 5.89 Å². The van der Waals surface area contributed by atoms with Gasteiger partial charge in [-0.25, -0.2) is 9.97 Å². The lowest BCUT2D eigenvalue weighted by Gasteiger charge is -2.09. The minimum absolute atomic E-state index is 0.0134. The van der Waals surface area contributed by atoms with Crippen molar-refractivity contribution in [1.29, 1.82) is 0 Å². The van der Waals surface area contributed by atoms with Crippen LogP contribution in [0.1, 0.15) is 41.3 Å². The second kappa shape index (κ2) is 7.62. The summed E-state index contributed by atoms with van der Waals surface area (Å²) in [4.78, 5) is 25.5. The van der Waals surface area contributed by atoms with E-state index in [9.17, 15) is 4.79 Å². The number of aryl methyl sites for hydroxylation is 1. The summed E-state index contributed by atoms with van der Waals surface area (Å²) < 4.78 is 12.7. The predicted molar refractivity (Wildman–Crippen MR) is 109 cm³/mol. The predicted octanol–water partition coefficient (Wildman–Crippen LogP) is 3.43. The maximum atomic E-state index is 12.7. The molecule has 30 heavy (non-hydrogen) atoms. The third-order valence-corrected chi connectivity index (χ3v) is 5.59. The van der Waals surface area contributed by atoms with Crippen molar-refractivity contribution in [2.75, 3.05) is 6.61 Å². The van der Waals surface area contributed by atoms with Crippen LogP contribution in [0.15, 0.2) is 52.2 Å². The van der Waals surface area contributed by atoms with Gasteiger partial charge in [-0.15, -0.1) is 0 Å². The lowest BCUT2D eigenvalue weighted by molar-refractivity contribution is 0.110. The Morgan fingerprint density at radius 1 is 1.20 bits per heavy atom. The van der Waals surface area contributed by atoms with E-state index < -0.39 is 0 Å². The summed E-state index contributed by atoms with van der Waals surface area (Å²) in [7, 11) is 0. The smallest absolute Gasteiger partial charge is 0.264 e. The molecular formula is C21H18ClN5O3. The van der Waals surface area contributed by atoms with Gasteiger partial charge in [0.15, 0.2) is 11.5 Å². The minimum atomic E-state index is -0.304. The van der Waals surface area contributed by atoms with Gasteiger partial charge in [0, 0.05) is 12.1 Å². The normalized spacial score (nSPS) is 18.9. The van der Waals surface area contributed by atoms with E-state index in [1.165, 1.54) is 22.7 Å². The van der Waals surface area contributed by atoms with Crippen LogP contribution in [0.5, 0.6) is 0 Å². The summed E-state index contributed by atoms with van der Waals surface area (Å²) in [6, 6.07) is 9.89. The maximum absolute atomic E-state index is 12.7. The van der Waals surface area contributed by atoms with Crippen LogP contribution in [-0.2, 0) is 11.3 Å². The fourth-order valence-corrected chi connectivity index (χ4v) is 3.84. The molecule has 1 aliphatic rings. The van der Waals surface area contributed by atoms with Gasteiger partial charge in [-0.2, -0.15) is 4.98 Å². The molecular weight excluding hydrogens is 406 g/mol. The zero-order chi connectivity index (χ0) is 20.7. The van der Waals surface area contributed by atoms with Gasteiger partial charge >= 0.3 is 0 Å². The van der Waals surface area contributed by atoms with E-state index in [0.29, 0.717) is 29.0 Å². The van der Waals surface area contributed by atoms with Crippen LogP contribution in [-0.4, -0.2) is 31.3 Å². The summed E-state index contributed by atoms with van der Waals surface area (Å²) in [6.07, 6.45) is 3.71. The molecule has 0 aliphatic carbocycles. The number of hydrogen-bond donors (Lipinski definition) is 0. The van der Waals surface area contributed by atoms with Crippen molar-refractivity contribution in [3.05, 3.63) is 81.1 Å². The number of rotatable bonds is 4. The molecule has 152 valence electrons. The summed E-state index contributed by atoms with van der Waals surface area (Å²) in [6.45, 7) is 2.69. The highest BCUT2D eigenvalue weighted by atomic mass is 35.5. The molecule has 0 amide bonds. The molecule has 4 heterocycles. The van der Waals surface area contributed by atoms with Crippen molar-refractivity contribution in [3.8, 4) is 0 Å². The number of aromatic nitrogens is 5. The number of benzene rings is 1. The number of nitrogens with zero attached hydrogens (tertiary/aromatic N) is 5. The van der Waals surface area contributed by atoms with Gasteiger partial charge in [0.05, 0.1) is 17.7 Å². The zero-order valence-electron chi connectivity index (χ0n) is 16.2. The van der Waals surface area contributed by atoms with Crippen molar-refractivity contribution in [3.63, 3.8) is 0 Å². The molecule has 1 saturated heterocycles. The van der Waals surface area contributed by atoms with Crippen molar-refractivity contribution in [2.24, 2.45) is 0 Å². The summed E-state index contributed by atoms with van der Waals surface area (Å²) in [5, 5.41) is 4.68. The van der Waals surface area contributed by atoms with E-state index in [1.54, 1.807) is 6.07 Å². The molecule has 0 unspecified atom stereocenters. The molecule has 1 aromatic carbocycles. The Morgan fingerprint density at radius 2 is 2.03 bits per heavy atom. The second-order valence-corrected chi connectivity index (χ2v) is 7.79. The monoisotopic (exact) mass is 423 g/mol. The SMILES string of the molecule is Cc1ccc([C@H]2C[C@H](c3noc(Cn4cnc5nccc(Cl)c5c4=O)n3)CO2)cc1. The number of fused-ring (bicyclic) bond motifs is 1. The lowest BCUT2D eigenvalue weighted by atomic mass is 9.99. The molecule has 5 rings (SSSR count). The van der Waals surface area contributed by atoms with Crippen LogP contribution >= 0.6 is 11.6 Å². The number of halogens is 1. The van der Waals surface area contributed by atoms with E-state index in [1.807, 2.05) is 0 Å². The van der Waals surface area contributed by atoms with E-state index in [4.69, 9.17) is 20.9 Å². The van der Waals surface area contributed by atoms with Crippen LogP contribution in [0.4, 0.5) is 0 Å². The van der Waals surface area contributed by atoms with E-state index in [-0.39, 0.29) is 29.5 Å². The lowest BCUT2D eigenvalue weighted by Crippen LogP contribution is -2.22. The third kappa shape index (κ3) is 3.48. The first kappa shape index (κ1) is 18.9. The molecule has 0 saturated carbocycles. The van der Waals surface area contributed by atoms with E-state index in [0.717, 1.165) is 12.0 Å². The zero-order valence-corrected chi connectivity index (χ0v) is 16.9. The summed E-state index contributed by atoms with van der Waals surface area (Å²) >= 11 is 6.14. The molecule has 1 aliphatic heterocycles. The highest BCUT2D eigenvalue weighted by Gasteiger charge is 2.31. The van der Waals surface area contributed by atoms with Gasteiger partial charge < -0.3 is 9.26 Å². The Morgan fingerprint density at radius 3 is 2.87 bits per heavy atom. The molecule has 2 atom stereocenters. The second-order valence-electron chi connectivity index (χ2n) is 7.38. The van der Waals surface area contributed by atoms with Crippen LogP contribution < -0.4 is 5.56 Å². The largest absolute Gasteiger partial charge is 0.373 e. The van der Waals surface area contributed by atoms with E-state index in [2.05, 4.69) is 51.3 Å². The van der Waals surface area contributed by atoms with Gasteiger partial charge in [-0.1, -0.05) is 46.6 Å². The molecule has 3 aromatic heterocycles. The Balaban J connectivity index is 1.34.